The molecule has 0 heterocycles. The van der Waals surface area contributed by atoms with Gasteiger partial charge >= 0.3 is 5.97 Å². The van der Waals surface area contributed by atoms with Crippen molar-refractivity contribution in [3.8, 4) is 11.5 Å². The fraction of sp³-hybridized carbons (Fsp3) is 0.800. The number of hydrogen-bond acceptors (Lipinski definition) is 3. The van der Waals surface area contributed by atoms with E-state index in [1.807, 2.05) is 20.8 Å². The smallest absolute Gasteiger partial charge is 0.317 e. The van der Waals surface area contributed by atoms with E-state index in [1.165, 1.54) is 0 Å². The minimum absolute atomic E-state index is 0.318. The molecule has 0 aromatic heterocycles. The minimum atomic E-state index is -1.12. The molecule has 0 aromatic rings. The van der Waals surface area contributed by atoms with Gasteiger partial charge in [-0.3, -0.25) is 0 Å². The van der Waals surface area contributed by atoms with Gasteiger partial charge < -0.3 is 14.2 Å². The molecule has 0 fully saturated rings. The van der Waals surface area contributed by atoms with Gasteiger partial charge in [0, 0.05) is 0 Å². The Bertz CT molecular complexity index is 178. The average molecular weight is 216 g/mol. The minimum Gasteiger partial charge on any atom is -0.317 e. The normalized spacial score (nSPS) is 11.7. The molecule has 0 aromatic carbocycles. The lowest BCUT2D eigenvalue weighted by Gasteiger charge is -2.26. The van der Waals surface area contributed by atoms with Gasteiger partial charge in [0.15, 0.2) is 0 Å². The molecular formula is C10H20O3Si. The third-order valence-corrected chi connectivity index (χ3v) is 1.95. The van der Waals surface area contributed by atoms with Gasteiger partial charge in [-0.1, -0.05) is 6.55 Å². The molecule has 0 radical (unpaired) electrons. The molecule has 3 nitrogen and oxygen atoms in total. The molecule has 82 valence electrons. The van der Waals surface area contributed by atoms with Gasteiger partial charge in [0.05, 0.1) is 19.8 Å². The first-order valence-electron chi connectivity index (χ1n) is 5.16. The second kappa shape index (κ2) is 8.01. The Morgan fingerprint density at radius 2 is 1.43 bits per heavy atom. The molecule has 0 rings (SSSR count). The summed E-state index contributed by atoms with van der Waals surface area (Å²) in [5.41, 5.74) is 3.06. The molecule has 0 atom stereocenters. The summed E-state index contributed by atoms with van der Waals surface area (Å²) in [6.07, 6.45) is 0. The summed E-state index contributed by atoms with van der Waals surface area (Å²) in [6.45, 7) is 9.40. The molecule has 0 saturated carbocycles. The third kappa shape index (κ3) is 4.77. The highest BCUT2D eigenvalue weighted by atomic mass is 28.2. The molecule has 0 spiro atoms. The van der Waals surface area contributed by atoms with Crippen molar-refractivity contribution < 1.29 is 14.2 Å². The van der Waals surface area contributed by atoms with Gasteiger partial charge in [0.1, 0.15) is 9.52 Å². The van der Waals surface area contributed by atoms with Gasteiger partial charge in [-0.15, -0.1) is 5.54 Å². The summed E-state index contributed by atoms with van der Waals surface area (Å²) < 4.78 is 16.2. The molecule has 0 unspecified atom stereocenters. The van der Waals surface area contributed by atoms with E-state index in [1.54, 1.807) is 0 Å². The molecule has 0 N–H and O–H groups in total. The molecule has 0 bridgehead atoms. The van der Waals surface area contributed by atoms with Crippen LogP contribution in [0.3, 0.4) is 0 Å². The fourth-order valence-corrected chi connectivity index (χ4v) is 1.39. The highest BCUT2D eigenvalue weighted by molar-refractivity contribution is 6.44. The van der Waals surface area contributed by atoms with Crippen molar-refractivity contribution in [3.63, 3.8) is 0 Å². The van der Waals surface area contributed by atoms with Crippen molar-refractivity contribution in [2.75, 3.05) is 19.8 Å². The van der Waals surface area contributed by atoms with E-state index in [4.69, 9.17) is 14.2 Å². The van der Waals surface area contributed by atoms with Crippen LogP contribution in [0.2, 0.25) is 6.55 Å². The Labute approximate surface area is 88.9 Å². The van der Waals surface area contributed by atoms with E-state index < -0.39 is 5.97 Å². The van der Waals surface area contributed by atoms with Gasteiger partial charge in [-0.25, -0.2) is 0 Å². The van der Waals surface area contributed by atoms with Crippen molar-refractivity contribution in [1.29, 1.82) is 0 Å². The van der Waals surface area contributed by atoms with Crippen molar-refractivity contribution in [1.82, 2.24) is 0 Å². The topological polar surface area (TPSA) is 27.7 Å². The Morgan fingerprint density at radius 3 is 1.71 bits per heavy atom. The molecule has 0 saturated heterocycles. The highest BCUT2D eigenvalue weighted by Gasteiger charge is 2.29. The van der Waals surface area contributed by atoms with Crippen LogP contribution in [-0.2, 0) is 14.2 Å². The molecule has 0 aliphatic heterocycles. The highest BCUT2D eigenvalue weighted by Crippen LogP contribution is 2.14. The predicted octanol–water partition coefficient (Wildman–Crippen LogP) is 0.927. The lowest BCUT2D eigenvalue weighted by atomic mass is 10.5. The van der Waals surface area contributed by atoms with Crippen LogP contribution in [0.5, 0.6) is 0 Å². The van der Waals surface area contributed by atoms with E-state index in [0.29, 0.717) is 19.8 Å². The Balaban J connectivity index is 4.54. The lowest BCUT2D eigenvalue weighted by molar-refractivity contribution is -0.338. The van der Waals surface area contributed by atoms with Gasteiger partial charge in [0.2, 0.25) is 0 Å². The summed E-state index contributed by atoms with van der Waals surface area (Å²) in [7, 11) is -0.318. The maximum atomic E-state index is 5.42. The first-order chi connectivity index (χ1) is 6.74. The molecule has 0 amide bonds. The number of rotatable bonds is 6. The zero-order valence-corrected chi connectivity index (χ0v) is 11.0. The summed E-state index contributed by atoms with van der Waals surface area (Å²) in [5.74, 6) is 1.81. The lowest BCUT2D eigenvalue weighted by Crippen LogP contribution is -2.38. The molecule has 14 heavy (non-hydrogen) atoms. The Hall–Kier alpha value is -0.343. The second-order valence-electron chi connectivity index (χ2n) is 2.51. The number of hydrogen-bond donors (Lipinski definition) is 0. The van der Waals surface area contributed by atoms with E-state index in [-0.39, 0.29) is 9.52 Å². The predicted molar refractivity (Wildman–Crippen MR) is 59.8 cm³/mol. The third-order valence-electron chi connectivity index (χ3n) is 1.42. The van der Waals surface area contributed by atoms with Crippen LogP contribution in [0.25, 0.3) is 0 Å². The average Bonchev–Trinajstić information content (AvgIpc) is 2.16. The number of ether oxygens (including phenoxy) is 3. The monoisotopic (exact) mass is 216 g/mol. The van der Waals surface area contributed by atoms with Gasteiger partial charge in [-0.05, 0) is 26.7 Å². The van der Waals surface area contributed by atoms with E-state index in [0.717, 1.165) is 0 Å². The van der Waals surface area contributed by atoms with E-state index in [9.17, 15) is 0 Å². The SMILES string of the molecule is CCOC(C#C[SiH2]C)(OCC)OCC. The molecule has 4 heteroatoms. The Morgan fingerprint density at radius 1 is 1.00 bits per heavy atom. The zero-order valence-electron chi connectivity index (χ0n) is 9.55. The van der Waals surface area contributed by atoms with Crippen molar-refractivity contribution in [2.24, 2.45) is 0 Å². The summed E-state index contributed by atoms with van der Waals surface area (Å²) in [4.78, 5) is 0. The zero-order chi connectivity index (χ0) is 10.9. The van der Waals surface area contributed by atoms with Crippen LogP contribution in [0, 0.1) is 11.5 Å². The molecule has 0 aliphatic carbocycles. The van der Waals surface area contributed by atoms with E-state index in [2.05, 4.69) is 18.0 Å². The largest absolute Gasteiger partial charge is 0.352 e. The first kappa shape index (κ1) is 13.7. The van der Waals surface area contributed by atoms with Crippen molar-refractivity contribution in [3.05, 3.63) is 0 Å². The van der Waals surface area contributed by atoms with Crippen molar-refractivity contribution >= 4 is 9.52 Å². The second-order valence-corrected chi connectivity index (χ2v) is 3.57. The maximum absolute atomic E-state index is 5.42. The quantitative estimate of drug-likeness (QED) is 0.375. The standard InChI is InChI=1S/C10H20O3Si/c1-5-11-10(12-6-2,13-7-3)8-9-14-4/h5-7,14H2,1-4H3. The Kier molecular flexibility index (Phi) is 7.81. The fourth-order valence-electron chi connectivity index (χ4n) is 1.000. The molecular weight excluding hydrogens is 196 g/mol. The maximum Gasteiger partial charge on any atom is 0.352 e. The van der Waals surface area contributed by atoms with Crippen LogP contribution in [0.1, 0.15) is 20.8 Å². The van der Waals surface area contributed by atoms with Gasteiger partial charge in [-0.2, -0.15) is 0 Å². The van der Waals surface area contributed by atoms with Crippen LogP contribution in [-0.4, -0.2) is 35.3 Å². The van der Waals surface area contributed by atoms with Crippen LogP contribution in [0.15, 0.2) is 0 Å². The van der Waals surface area contributed by atoms with Crippen LogP contribution in [0.4, 0.5) is 0 Å². The van der Waals surface area contributed by atoms with Crippen LogP contribution < -0.4 is 0 Å². The summed E-state index contributed by atoms with van der Waals surface area (Å²) in [5, 5.41) is 0. The first-order valence-corrected chi connectivity index (χ1v) is 7.28. The summed E-state index contributed by atoms with van der Waals surface area (Å²) in [6, 6.07) is 0. The molecule has 0 aliphatic rings. The van der Waals surface area contributed by atoms with Crippen molar-refractivity contribution in [2.45, 2.75) is 33.3 Å². The summed E-state index contributed by atoms with van der Waals surface area (Å²) >= 11 is 0. The van der Waals surface area contributed by atoms with E-state index >= 15 is 0 Å². The van der Waals surface area contributed by atoms with Gasteiger partial charge in [0.25, 0.3) is 0 Å². The van der Waals surface area contributed by atoms with Crippen LogP contribution >= 0.6 is 0 Å².